The molecule has 1 aliphatic rings. The highest BCUT2D eigenvalue weighted by Crippen LogP contribution is 2.36. The molecule has 2 aromatic carbocycles. The van der Waals surface area contributed by atoms with Gasteiger partial charge < -0.3 is 15.8 Å². The van der Waals surface area contributed by atoms with E-state index in [2.05, 4.69) is 37.7 Å². The van der Waals surface area contributed by atoms with Crippen LogP contribution in [0.15, 0.2) is 79.4 Å². The van der Waals surface area contributed by atoms with Gasteiger partial charge in [-0.25, -0.2) is 14.6 Å². The summed E-state index contributed by atoms with van der Waals surface area (Å²) in [6.45, 7) is 1.13. The van der Waals surface area contributed by atoms with E-state index in [1.807, 2.05) is 52.0 Å². The van der Waals surface area contributed by atoms with Crippen molar-refractivity contribution in [1.29, 1.82) is 0 Å². The van der Waals surface area contributed by atoms with Crippen LogP contribution in [0.1, 0.15) is 28.4 Å². The van der Waals surface area contributed by atoms with Crippen LogP contribution >= 0.6 is 0 Å². The summed E-state index contributed by atoms with van der Waals surface area (Å²) in [5.74, 6) is 1.03. The third kappa shape index (κ3) is 4.81. The summed E-state index contributed by atoms with van der Waals surface area (Å²) in [4.78, 5) is 21.4. The zero-order valence-corrected chi connectivity index (χ0v) is 21.3. The predicted molar refractivity (Wildman–Crippen MR) is 146 cm³/mol. The molecule has 0 radical (unpaired) electrons. The topological polar surface area (TPSA) is 139 Å². The zero-order chi connectivity index (χ0) is 26.8. The van der Waals surface area contributed by atoms with Gasteiger partial charge in [-0.15, -0.1) is 5.10 Å². The second kappa shape index (κ2) is 10.4. The Morgan fingerprint density at radius 3 is 2.77 bits per heavy atom. The molecule has 3 aromatic heterocycles. The summed E-state index contributed by atoms with van der Waals surface area (Å²) in [6, 6.07) is 15.1. The average molecular weight is 522 g/mol. The molecule has 3 N–H and O–H groups in total. The number of carbonyl (C=O) groups is 1. The molecule has 0 saturated carbocycles. The first-order chi connectivity index (χ1) is 19.1. The molecule has 6 rings (SSSR count). The van der Waals surface area contributed by atoms with Crippen LogP contribution in [-0.4, -0.2) is 47.8 Å². The number of hydrogen-bond donors (Lipinski definition) is 2. The van der Waals surface area contributed by atoms with E-state index < -0.39 is 0 Å². The lowest BCUT2D eigenvalue weighted by atomic mass is 10.1. The predicted octanol–water partition coefficient (Wildman–Crippen LogP) is 3.42. The van der Waals surface area contributed by atoms with Gasteiger partial charge in [0.25, 0.3) is 5.91 Å². The van der Waals surface area contributed by atoms with E-state index >= 15 is 0 Å². The Kier molecular flexibility index (Phi) is 6.45. The van der Waals surface area contributed by atoms with Crippen molar-refractivity contribution in [1.82, 2.24) is 40.1 Å². The summed E-state index contributed by atoms with van der Waals surface area (Å²) < 4.78 is 9.07. The molecule has 0 spiro atoms. The highest BCUT2D eigenvalue weighted by molar-refractivity contribution is 5.98. The second-order valence-corrected chi connectivity index (χ2v) is 9.40. The van der Waals surface area contributed by atoms with Gasteiger partial charge in [-0.3, -0.25) is 9.48 Å². The van der Waals surface area contributed by atoms with Crippen LogP contribution in [0.25, 0.3) is 22.3 Å². The van der Waals surface area contributed by atoms with Crippen molar-refractivity contribution in [2.24, 2.45) is 5.92 Å². The normalized spacial score (nSPS) is 16.5. The SMILES string of the molecule is COc1ccccc1C(=O)NCc1ccc(-c2nn([C@H]3C=C[C@H](Cn4ccnn4)C3)c3ncnc(N)c23)cc1. The smallest absolute Gasteiger partial charge is 0.255 e. The maximum atomic E-state index is 12.7. The number of benzene rings is 2. The van der Waals surface area contributed by atoms with Crippen LogP contribution in [0.2, 0.25) is 0 Å². The van der Waals surface area contributed by atoms with E-state index in [0.29, 0.717) is 35.2 Å². The summed E-state index contributed by atoms with van der Waals surface area (Å²) in [5.41, 5.74) is 10.1. The number of para-hydroxylation sites is 1. The Morgan fingerprint density at radius 1 is 1.13 bits per heavy atom. The van der Waals surface area contributed by atoms with Crippen molar-refractivity contribution in [3.63, 3.8) is 0 Å². The lowest BCUT2D eigenvalue weighted by molar-refractivity contribution is 0.0948. The van der Waals surface area contributed by atoms with Gasteiger partial charge in [-0.1, -0.05) is 53.8 Å². The number of amides is 1. The summed E-state index contributed by atoms with van der Waals surface area (Å²) >= 11 is 0. The summed E-state index contributed by atoms with van der Waals surface area (Å²) in [6.07, 6.45) is 10.2. The van der Waals surface area contributed by atoms with Crippen molar-refractivity contribution in [2.45, 2.75) is 25.6 Å². The fourth-order valence-electron chi connectivity index (χ4n) is 4.96. The highest BCUT2D eigenvalue weighted by atomic mass is 16.5. The van der Waals surface area contributed by atoms with E-state index in [1.165, 1.54) is 6.33 Å². The number of nitrogens with zero attached hydrogens (tertiary/aromatic N) is 7. The standard InChI is InChI=1S/C28H27N9O2/c1-39-23-5-3-2-4-22(23)28(38)30-15-18-6-9-20(10-7-18)25-24-26(29)31-17-32-27(24)37(34-25)21-11-8-19(14-21)16-36-13-12-33-35-36/h2-13,17,19,21H,14-16H2,1H3,(H,30,38)(H2,29,31,32)/t19-,21-/m0/s1. The van der Waals surface area contributed by atoms with Crippen molar-refractivity contribution in [3.8, 4) is 17.0 Å². The van der Waals surface area contributed by atoms with Crippen molar-refractivity contribution >= 4 is 22.8 Å². The number of anilines is 1. The number of carbonyl (C=O) groups excluding carboxylic acids is 1. The van der Waals surface area contributed by atoms with Gasteiger partial charge in [-0.2, -0.15) is 5.10 Å². The second-order valence-electron chi connectivity index (χ2n) is 9.40. The molecule has 5 aromatic rings. The zero-order valence-electron chi connectivity index (χ0n) is 21.3. The average Bonchev–Trinajstić information content (AvgIpc) is 3.73. The van der Waals surface area contributed by atoms with Crippen molar-refractivity contribution in [3.05, 3.63) is 90.5 Å². The number of methoxy groups -OCH3 is 1. The number of allylic oxidation sites excluding steroid dienone is 2. The molecule has 1 aliphatic carbocycles. The number of fused-ring (bicyclic) bond motifs is 1. The van der Waals surface area contributed by atoms with Gasteiger partial charge in [0, 0.05) is 24.8 Å². The quantitative estimate of drug-likeness (QED) is 0.296. The molecule has 0 saturated heterocycles. The Labute approximate surface area is 224 Å². The number of nitrogens with two attached hydrogens (primary N) is 1. The molecule has 0 aliphatic heterocycles. The van der Waals surface area contributed by atoms with Gasteiger partial charge in [0.15, 0.2) is 5.65 Å². The third-order valence-corrected chi connectivity index (χ3v) is 6.91. The van der Waals surface area contributed by atoms with Crippen LogP contribution in [0.3, 0.4) is 0 Å². The van der Waals surface area contributed by atoms with E-state index in [0.717, 1.165) is 35.2 Å². The van der Waals surface area contributed by atoms with Crippen LogP contribution < -0.4 is 15.8 Å². The van der Waals surface area contributed by atoms with Crippen molar-refractivity contribution in [2.75, 3.05) is 12.8 Å². The molecule has 3 heterocycles. The number of nitrogen functional groups attached to an aromatic ring is 1. The molecule has 0 bridgehead atoms. The molecule has 11 nitrogen and oxygen atoms in total. The molecule has 11 heteroatoms. The first kappa shape index (κ1) is 24.3. The molecule has 39 heavy (non-hydrogen) atoms. The monoisotopic (exact) mass is 521 g/mol. The molecular formula is C28H27N9O2. The first-order valence-electron chi connectivity index (χ1n) is 12.6. The molecular weight excluding hydrogens is 494 g/mol. The van der Waals surface area contributed by atoms with Crippen LogP contribution in [0, 0.1) is 5.92 Å². The minimum Gasteiger partial charge on any atom is -0.496 e. The largest absolute Gasteiger partial charge is 0.496 e. The third-order valence-electron chi connectivity index (χ3n) is 6.91. The fraction of sp³-hybridized carbons (Fsp3) is 0.214. The maximum absolute atomic E-state index is 12.7. The lowest BCUT2D eigenvalue weighted by Gasteiger charge is -2.13. The van der Waals surface area contributed by atoms with Gasteiger partial charge in [0.2, 0.25) is 0 Å². The van der Waals surface area contributed by atoms with Gasteiger partial charge in [-0.05, 0) is 30.0 Å². The van der Waals surface area contributed by atoms with Crippen LogP contribution in [0.5, 0.6) is 5.75 Å². The molecule has 0 unspecified atom stereocenters. The van der Waals surface area contributed by atoms with Gasteiger partial charge >= 0.3 is 0 Å². The van der Waals surface area contributed by atoms with E-state index in [4.69, 9.17) is 15.6 Å². The van der Waals surface area contributed by atoms with E-state index in [1.54, 1.807) is 25.4 Å². The number of ether oxygens (including phenoxy) is 1. The van der Waals surface area contributed by atoms with Gasteiger partial charge in [0.05, 0.1) is 30.3 Å². The Balaban J connectivity index is 1.21. The number of rotatable bonds is 8. The van der Waals surface area contributed by atoms with Gasteiger partial charge in [0.1, 0.15) is 23.6 Å². The van der Waals surface area contributed by atoms with Crippen molar-refractivity contribution < 1.29 is 9.53 Å². The van der Waals surface area contributed by atoms with Crippen LogP contribution in [0.4, 0.5) is 5.82 Å². The Bertz CT molecular complexity index is 1640. The molecule has 2 atom stereocenters. The van der Waals surface area contributed by atoms with E-state index in [9.17, 15) is 4.79 Å². The Morgan fingerprint density at radius 2 is 1.97 bits per heavy atom. The Hall–Kier alpha value is -5.06. The maximum Gasteiger partial charge on any atom is 0.255 e. The first-order valence-corrected chi connectivity index (χ1v) is 12.6. The minimum absolute atomic E-state index is 0.0357. The number of nitrogens with one attached hydrogen (secondary N) is 1. The van der Waals surface area contributed by atoms with E-state index in [-0.39, 0.29) is 11.9 Å². The molecule has 1 amide bonds. The number of aromatic nitrogens is 7. The minimum atomic E-state index is -0.196. The highest BCUT2D eigenvalue weighted by Gasteiger charge is 2.26. The summed E-state index contributed by atoms with van der Waals surface area (Å²) in [7, 11) is 1.55. The van der Waals surface area contributed by atoms with Crippen LogP contribution in [-0.2, 0) is 13.1 Å². The number of hydrogen-bond acceptors (Lipinski definition) is 8. The molecule has 0 fully saturated rings. The summed E-state index contributed by atoms with van der Waals surface area (Å²) in [5, 5.41) is 16.6. The molecule has 196 valence electrons. The fourth-order valence-corrected chi connectivity index (χ4v) is 4.96. The lowest BCUT2D eigenvalue weighted by Crippen LogP contribution is -2.23.